The van der Waals surface area contributed by atoms with Gasteiger partial charge < -0.3 is 24.3 Å². The molecule has 3 heterocycles. The molecular weight excluding hydrogens is 543 g/mol. The van der Waals surface area contributed by atoms with Crippen molar-refractivity contribution in [3.05, 3.63) is 94.4 Å². The first-order valence-electron chi connectivity index (χ1n) is 14.1. The summed E-state index contributed by atoms with van der Waals surface area (Å²) >= 11 is 6.34. The number of hydrogen-bond acceptors (Lipinski definition) is 5. The van der Waals surface area contributed by atoms with Crippen molar-refractivity contribution >= 4 is 28.6 Å². The predicted molar refractivity (Wildman–Crippen MR) is 158 cm³/mol. The van der Waals surface area contributed by atoms with Crippen molar-refractivity contribution in [2.45, 2.75) is 18.9 Å². The van der Waals surface area contributed by atoms with Crippen LogP contribution in [0.3, 0.4) is 0 Å². The Morgan fingerprint density at radius 3 is 2.61 bits per heavy atom. The first-order chi connectivity index (χ1) is 19.9. The Kier molecular flexibility index (Phi) is 8.14. The third-order valence-electron chi connectivity index (χ3n) is 8.00. The van der Waals surface area contributed by atoms with Crippen molar-refractivity contribution in [3.63, 3.8) is 0 Å². The van der Waals surface area contributed by atoms with Crippen LogP contribution in [0.1, 0.15) is 29.3 Å². The number of ether oxygens (including phenoxy) is 2. The molecule has 1 saturated heterocycles. The minimum absolute atomic E-state index is 0.293. The Bertz CT molecular complexity index is 1520. The summed E-state index contributed by atoms with van der Waals surface area (Å²) in [6, 6.07) is 18.8. The van der Waals surface area contributed by atoms with Gasteiger partial charge in [-0.15, -0.1) is 0 Å². The van der Waals surface area contributed by atoms with E-state index < -0.39 is 12.1 Å². The van der Waals surface area contributed by atoms with Gasteiger partial charge in [0.05, 0.1) is 6.61 Å². The van der Waals surface area contributed by atoms with E-state index in [2.05, 4.69) is 21.8 Å². The van der Waals surface area contributed by atoms with Crippen LogP contribution in [0.25, 0.3) is 10.9 Å². The summed E-state index contributed by atoms with van der Waals surface area (Å²) in [5.41, 5.74) is 3.94. The van der Waals surface area contributed by atoms with Gasteiger partial charge in [-0.3, -0.25) is 4.90 Å². The number of nitrogens with zero attached hydrogens (tertiary/aromatic N) is 3. The molecule has 0 radical (unpaired) electrons. The molecule has 4 aromatic rings. The number of H-pyrrole nitrogens is 1. The predicted octanol–water partition coefficient (Wildman–Crippen LogP) is 6.12. The van der Waals surface area contributed by atoms with E-state index in [0.29, 0.717) is 30.3 Å². The van der Waals surface area contributed by atoms with Crippen molar-refractivity contribution in [1.29, 1.82) is 0 Å². The summed E-state index contributed by atoms with van der Waals surface area (Å²) in [6.07, 6.45) is 1.09. The lowest BCUT2D eigenvalue weighted by atomic mass is 9.92. The Balaban J connectivity index is 1.24. The van der Waals surface area contributed by atoms with Crippen LogP contribution in [0, 0.1) is 5.82 Å². The third kappa shape index (κ3) is 6.20. The fraction of sp³-hybridized carbons (Fsp3) is 0.344. The number of piperazine rings is 1. The molecule has 2 aliphatic rings. The average Bonchev–Trinajstić information content (AvgIpc) is 3.35. The molecule has 1 fully saturated rings. The monoisotopic (exact) mass is 576 g/mol. The topological polar surface area (TPSA) is 61.0 Å². The van der Waals surface area contributed by atoms with Gasteiger partial charge in [-0.25, -0.2) is 9.18 Å². The summed E-state index contributed by atoms with van der Waals surface area (Å²) in [4.78, 5) is 23.6. The minimum Gasteiger partial charge on any atom is -0.494 e. The molecule has 1 N–H and O–H groups in total. The second kappa shape index (κ2) is 12.1. The van der Waals surface area contributed by atoms with E-state index >= 15 is 0 Å². The number of benzene rings is 3. The van der Waals surface area contributed by atoms with Crippen LogP contribution >= 0.6 is 11.6 Å². The van der Waals surface area contributed by atoms with E-state index in [-0.39, 0.29) is 5.82 Å². The first-order valence-corrected chi connectivity index (χ1v) is 14.5. The number of carbonyl (C=O) groups excluding carboxylic acids is 1. The summed E-state index contributed by atoms with van der Waals surface area (Å²) < 4.78 is 25.3. The fourth-order valence-corrected chi connectivity index (χ4v) is 5.96. The number of fused-ring (bicyclic) bond motifs is 3. The molecule has 1 amide bonds. The van der Waals surface area contributed by atoms with Gasteiger partial charge in [0.1, 0.15) is 23.4 Å². The van der Waals surface area contributed by atoms with Gasteiger partial charge in [0, 0.05) is 60.9 Å². The quantitative estimate of drug-likeness (QED) is 0.269. The number of hydrogen-bond donors (Lipinski definition) is 1. The third-order valence-corrected chi connectivity index (χ3v) is 8.23. The highest BCUT2D eigenvalue weighted by Crippen LogP contribution is 2.40. The molecule has 0 saturated carbocycles. The summed E-state index contributed by atoms with van der Waals surface area (Å²) in [5.74, 6) is 0.670. The van der Waals surface area contributed by atoms with Crippen LogP contribution in [0.15, 0.2) is 66.7 Å². The number of nitrogens with one attached hydrogen (secondary N) is 1. The number of carbonyl (C=O) groups is 1. The maximum Gasteiger partial charge on any atom is 0.416 e. The number of rotatable bonds is 7. The van der Waals surface area contributed by atoms with Gasteiger partial charge in [0.15, 0.2) is 0 Å². The van der Waals surface area contributed by atoms with Crippen molar-refractivity contribution < 1.29 is 18.7 Å². The molecule has 1 unspecified atom stereocenters. The zero-order chi connectivity index (χ0) is 28.3. The van der Waals surface area contributed by atoms with E-state index in [0.717, 1.165) is 72.6 Å². The number of aromatic amines is 1. The summed E-state index contributed by atoms with van der Waals surface area (Å²) in [6.45, 7) is 6.48. The smallest absolute Gasteiger partial charge is 0.416 e. The highest BCUT2D eigenvalue weighted by Gasteiger charge is 2.36. The molecule has 9 heteroatoms. The molecule has 1 atom stereocenters. The zero-order valence-corrected chi connectivity index (χ0v) is 23.9. The number of amides is 1. The van der Waals surface area contributed by atoms with Gasteiger partial charge in [-0.2, -0.15) is 0 Å². The minimum atomic E-state index is -0.498. The van der Waals surface area contributed by atoms with Gasteiger partial charge in [-0.1, -0.05) is 23.7 Å². The van der Waals surface area contributed by atoms with Gasteiger partial charge >= 0.3 is 6.09 Å². The summed E-state index contributed by atoms with van der Waals surface area (Å²) in [5, 5.41) is 1.72. The lowest BCUT2D eigenvalue weighted by Gasteiger charge is -2.35. The van der Waals surface area contributed by atoms with Gasteiger partial charge in [0.25, 0.3) is 0 Å². The van der Waals surface area contributed by atoms with E-state index in [9.17, 15) is 9.18 Å². The molecule has 0 aliphatic carbocycles. The van der Waals surface area contributed by atoms with Crippen LogP contribution in [-0.4, -0.2) is 78.7 Å². The average molecular weight is 577 g/mol. The second-order valence-corrected chi connectivity index (χ2v) is 11.2. The Morgan fingerprint density at radius 1 is 1.00 bits per heavy atom. The van der Waals surface area contributed by atoms with Crippen LogP contribution in [0.4, 0.5) is 9.18 Å². The standard InChI is InChI=1S/C32H34ClFN4O3/c1-36-15-17-37(18-16-36)13-3-19-40-26-5-2-4-22(20-26)31-30-27(28-21-23(33)6-11-29(28)35-30)12-14-38(31)32(39)41-25-9-7-24(34)8-10-25/h2,4-11,20-21,31,35H,3,12-19H2,1H3. The highest BCUT2D eigenvalue weighted by molar-refractivity contribution is 6.31. The van der Waals surface area contributed by atoms with Gasteiger partial charge in [0.2, 0.25) is 0 Å². The molecule has 3 aromatic carbocycles. The van der Waals surface area contributed by atoms with E-state index in [4.69, 9.17) is 21.1 Å². The SMILES string of the molecule is CN1CCN(CCCOc2cccc(C3c4[nH]c5ccc(Cl)cc5c4CCN3C(=O)Oc3ccc(F)cc3)c2)CC1. The number of likely N-dealkylation sites (N-methyl/N-ethyl adjacent to an activating group) is 1. The fourth-order valence-electron chi connectivity index (χ4n) is 5.79. The lowest BCUT2D eigenvalue weighted by molar-refractivity contribution is 0.135. The molecule has 1 aromatic heterocycles. The van der Waals surface area contributed by atoms with Crippen LogP contribution in [-0.2, 0) is 6.42 Å². The molecule has 0 spiro atoms. The highest BCUT2D eigenvalue weighted by atomic mass is 35.5. The maximum absolute atomic E-state index is 13.5. The van der Waals surface area contributed by atoms with Crippen molar-refractivity contribution in [1.82, 2.24) is 19.7 Å². The zero-order valence-electron chi connectivity index (χ0n) is 23.1. The molecule has 2 aliphatic heterocycles. The second-order valence-electron chi connectivity index (χ2n) is 10.8. The van der Waals surface area contributed by atoms with Gasteiger partial charge in [-0.05, 0) is 85.6 Å². The molecule has 214 valence electrons. The van der Waals surface area contributed by atoms with Crippen LogP contribution < -0.4 is 9.47 Å². The largest absolute Gasteiger partial charge is 0.494 e. The molecule has 0 bridgehead atoms. The summed E-state index contributed by atoms with van der Waals surface area (Å²) in [7, 11) is 2.16. The van der Waals surface area contributed by atoms with Crippen LogP contribution in [0.2, 0.25) is 5.02 Å². The molecule has 41 heavy (non-hydrogen) atoms. The van der Waals surface area contributed by atoms with Crippen molar-refractivity contribution in [2.75, 3.05) is 52.9 Å². The maximum atomic E-state index is 13.5. The molecular formula is C32H34ClFN4O3. The molecule has 7 nitrogen and oxygen atoms in total. The Hall–Kier alpha value is -3.59. The van der Waals surface area contributed by atoms with E-state index in [1.54, 1.807) is 4.90 Å². The number of halogens is 2. The van der Waals surface area contributed by atoms with Crippen molar-refractivity contribution in [2.24, 2.45) is 0 Å². The lowest BCUT2D eigenvalue weighted by Crippen LogP contribution is -2.44. The van der Waals surface area contributed by atoms with Crippen molar-refractivity contribution in [3.8, 4) is 11.5 Å². The molecule has 6 rings (SSSR count). The normalized spacial score (nSPS) is 17.9. The van der Waals surface area contributed by atoms with E-state index in [1.165, 1.54) is 24.3 Å². The first kappa shape index (κ1) is 27.6. The van der Waals surface area contributed by atoms with Crippen LogP contribution in [0.5, 0.6) is 11.5 Å². The number of aromatic nitrogens is 1. The van der Waals surface area contributed by atoms with E-state index in [1.807, 2.05) is 42.5 Å². The Morgan fingerprint density at radius 2 is 1.80 bits per heavy atom. The Labute approximate surface area is 244 Å².